The highest BCUT2D eigenvalue weighted by Crippen LogP contribution is 2.13. The zero-order chi connectivity index (χ0) is 37.7. The van der Waals surface area contributed by atoms with Gasteiger partial charge in [0.2, 0.25) is 0 Å². The minimum atomic E-state index is -0.500. The summed E-state index contributed by atoms with van der Waals surface area (Å²) in [6.07, 6.45) is 5.13. The van der Waals surface area contributed by atoms with E-state index in [-0.39, 0.29) is 0 Å². The fourth-order valence-electron chi connectivity index (χ4n) is 2.05. The molecule has 46 heavy (non-hydrogen) atoms. The summed E-state index contributed by atoms with van der Waals surface area (Å²) in [5.41, 5.74) is -0.500. The van der Waals surface area contributed by atoms with Crippen LogP contribution >= 0.6 is 0 Å². The van der Waals surface area contributed by atoms with E-state index in [1.54, 1.807) is 21.3 Å². The zero-order valence-corrected chi connectivity index (χ0v) is 35.4. The molecule has 1 heterocycles. The van der Waals surface area contributed by atoms with Crippen LogP contribution in [0.4, 0.5) is 0 Å². The molecule has 1 N–H and O–H groups in total. The Kier molecular flexibility index (Phi) is 53.9. The maximum atomic E-state index is 9.09. The summed E-state index contributed by atoms with van der Waals surface area (Å²) in [6, 6.07) is 0. The van der Waals surface area contributed by atoms with Crippen molar-refractivity contribution in [1.82, 2.24) is 0 Å². The molecule has 0 unspecified atom stereocenters. The van der Waals surface area contributed by atoms with Crippen LogP contribution in [0, 0.1) is 29.6 Å². The Balaban J connectivity index is -0.000000103. The number of rotatable bonds is 14. The maximum Gasteiger partial charge on any atom is 0.104 e. The van der Waals surface area contributed by atoms with Gasteiger partial charge in [-0.1, -0.05) is 102 Å². The van der Waals surface area contributed by atoms with Gasteiger partial charge in [-0.3, -0.25) is 0 Å². The van der Waals surface area contributed by atoms with Crippen molar-refractivity contribution >= 4 is 0 Å². The molecule has 7 heteroatoms. The second-order valence-corrected chi connectivity index (χ2v) is 14.7. The highest BCUT2D eigenvalue weighted by molar-refractivity contribution is 4.68. The average molecular weight is 671 g/mol. The van der Waals surface area contributed by atoms with Crippen LogP contribution in [0.2, 0.25) is 0 Å². The van der Waals surface area contributed by atoms with Crippen LogP contribution in [0.15, 0.2) is 0 Å². The van der Waals surface area contributed by atoms with Crippen molar-refractivity contribution < 1.29 is 33.5 Å². The van der Waals surface area contributed by atoms with Crippen LogP contribution in [0.5, 0.6) is 0 Å². The van der Waals surface area contributed by atoms with Gasteiger partial charge in [-0.05, 0) is 71.1 Å². The first-order valence-corrected chi connectivity index (χ1v) is 18.1. The van der Waals surface area contributed by atoms with Crippen LogP contribution in [0.3, 0.4) is 0 Å². The van der Waals surface area contributed by atoms with Gasteiger partial charge in [-0.2, -0.15) is 0 Å². The molecule has 0 spiro atoms. The van der Waals surface area contributed by atoms with Crippen molar-refractivity contribution in [2.24, 2.45) is 29.6 Å². The van der Waals surface area contributed by atoms with E-state index in [1.165, 1.54) is 19.3 Å². The van der Waals surface area contributed by atoms with Gasteiger partial charge in [0.05, 0.1) is 44.2 Å². The minimum Gasteiger partial charge on any atom is -0.390 e. The number of methoxy groups -OCH3 is 3. The van der Waals surface area contributed by atoms with E-state index in [0.29, 0.717) is 49.3 Å². The molecule has 0 atom stereocenters. The third kappa shape index (κ3) is 79.3. The predicted molar refractivity (Wildman–Crippen MR) is 203 cm³/mol. The lowest BCUT2D eigenvalue weighted by Crippen LogP contribution is -2.37. The zero-order valence-electron chi connectivity index (χ0n) is 35.4. The predicted octanol–water partition coefficient (Wildman–Crippen LogP) is 10.4. The van der Waals surface area contributed by atoms with E-state index >= 15 is 0 Å². The molecule has 0 bridgehead atoms. The van der Waals surface area contributed by atoms with Gasteiger partial charge < -0.3 is 33.5 Å². The standard InChI is InChI=1S/C7H16O2.C6H12O2.C6H14O.C6H14.C5H12O.C5H12.C4H10O/c1-7(2)6-9-5-4-8-3;1-5(2)8-6-3-7-4-6;1-5(2)6(3,4)7;1-4-5-6(2)3;1-5(2)4-6-3;1-4-5(2)3;1-4(2)5-3/h7H,4-6H2,1-3H3;5-6H,3-4H2,1-2H3;5,7H,1-4H3;6H,4-5H2,1-3H3;5H,4H2,1-3H3;5H,4H2,1-3H3;4H,1-3H3. The molecule has 288 valence electrons. The third-order valence-corrected chi connectivity index (χ3v) is 6.02. The molecule has 0 aromatic carbocycles. The SMILES string of the molecule is CC(C)C(C)(C)O.CC(C)OC1COC1.CCC(C)C.CCCC(C)C.COC(C)C.COCC(C)C.COCCOCC(C)C. The lowest BCUT2D eigenvalue weighted by molar-refractivity contribution is -0.146. The molecule has 0 saturated carbocycles. The summed E-state index contributed by atoms with van der Waals surface area (Å²) in [5.74, 6) is 3.44. The smallest absolute Gasteiger partial charge is 0.104 e. The highest BCUT2D eigenvalue weighted by atomic mass is 16.6. The summed E-state index contributed by atoms with van der Waals surface area (Å²) < 4.78 is 29.8. The fourth-order valence-corrected chi connectivity index (χ4v) is 2.05. The molecule has 0 amide bonds. The van der Waals surface area contributed by atoms with Gasteiger partial charge in [0.15, 0.2) is 0 Å². The summed E-state index contributed by atoms with van der Waals surface area (Å²) in [4.78, 5) is 0. The van der Waals surface area contributed by atoms with Crippen LogP contribution in [0.1, 0.15) is 144 Å². The molecule has 0 radical (unpaired) electrons. The number of ether oxygens (including phenoxy) is 6. The van der Waals surface area contributed by atoms with Crippen LogP contribution in [0.25, 0.3) is 0 Å². The van der Waals surface area contributed by atoms with Gasteiger partial charge in [0.25, 0.3) is 0 Å². The summed E-state index contributed by atoms with van der Waals surface area (Å²) >= 11 is 0. The second-order valence-electron chi connectivity index (χ2n) is 14.7. The van der Waals surface area contributed by atoms with Crippen molar-refractivity contribution in [2.45, 2.75) is 168 Å². The quantitative estimate of drug-likeness (QED) is 0.184. The van der Waals surface area contributed by atoms with Crippen molar-refractivity contribution in [3.8, 4) is 0 Å². The maximum absolute atomic E-state index is 9.09. The number of aliphatic hydroxyl groups is 1. The largest absolute Gasteiger partial charge is 0.390 e. The van der Waals surface area contributed by atoms with Crippen molar-refractivity contribution in [2.75, 3.05) is 61.0 Å². The van der Waals surface area contributed by atoms with E-state index in [1.807, 2.05) is 55.4 Å². The van der Waals surface area contributed by atoms with Crippen molar-refractivity contribution in [1.29, 1.82) is 0 Å². The normalized spacial score (nSPS) is 12.5. The van der Waals surface area contributed by atoms with E-state index in [4.69, 9.17) is 33.5 Å². The topological polar surface area (TPSA) is 75.6 Å². The molecule has 0 aromatic rings. The monoisotopic (exact) mass is 671 g/mol. The van der Waals surface area contributed by atoms with E-state index in [2.05, 4.69) is 69.2 Å². The Hall–Kier alpha value is -0.280. The van der Waals surface area contributed by atoms with Crippen LogP contribution in [-0.2, 0) is 28.4 Å². The van der Waals surface area contributed by atoms with Crippen LogP contribution in [-0.4, -0.2) is 90.0 Å². The fraction of sp³-hybridized carbons (Fsp3) is 1.00. The Bertz CT molecular complexity index is 477. The van der Waals surface area contributed by atoms with E-state index < -0.39 is 5.60 Å². The van der Waals surface area contributed by atoms with Crippen molar-refractivity contribution in [3.63, 3.8) is 0 Å². The first-order valence-electron chi connectivity index (χ1n) is 18.1. The summed E-state index contributed by atoms with van der Waals surface area (Å²) in [5, 5.41) is 9.09. The van der Waals surface area contributed by atoms with E-state index in [9.17, 15) is 0 Å². The van der Waals surface area contributed by atoms with Gasteiger partial charge in [-0.25, -0.2) is 0 Å². The molecule has 1 aliphatic rings. The Morgan fingerprint density at radius 2 is 1.07 bits per heavy atom. The molecule has 1 rings (SSSR count). The molecule has 1 saturated heterocycles. The first kappa shape index (κ1) is 58.0. The van der Waals surface area contributed by atoms with Gasteiger partial charge in [0.1, 0.15) is 6.10 Å². The lowest BCUT2D eigenvalue weighted by atomic mass is 9.95. The molecular formula is C39H90O7. The Morgan fingerprint density at radius 3 is 1.17 bits per heavy atom. The molecule has 1 aliphatic heterocycles. The molecule has 0 aliphatic carbocycles. The number of hydrogen-bond donors (Lipinski definition) is 1. The number of hydrogen-bond acceptors (Lipinski definition) is 7. The minimum absolute atomic E-state index is 0.351. The Morgan fingerprint density at radius 1 is 0.652 bits per heavy atom. The lowest BCUT2D eigenvalue weighted by Gasteiger charge is -2.27. The highest BCUT2D eigenvalue weighted by Gasteiger charge is 2.19. The summed E-state index contributed by atoms with van der Waals surface area (Å²) in [7, 11) is 5.10. The Labute approximate surface area is 291 Å². The molecule has 0 aromatic heterocycles. The summed E-state index contributed by atoms with van der Waals surface area (Å²) in [6.45, 7) is 42.3. The second kappa shape index (κ2) is 42.7. The average Bonchev–Trinajstić information content (AvgIpc) is 2.90. The third-order valence-electron chi connectivity index (χ3n) is 6.02. The molecule has 7 nitrogen and oxygen atoms in total. The first-order chi connectivity index (χ1) is 21.1. The van der Waals surface area contributed by atoms with Gasteiger partial charge >= 0.3 is 0 Å². The molecular weight excluding hydrogens is 580 g/mol. The van der Waals surface area contributed by atoms with Crippen LogP contribution < -0.4 is 0 Å². The van der Waals surface area contributed by atoms with Gasteiger partial charge in [0, 0.05) is 34.5 Å². The van der Waals surface area contributed by atoms with Crippen molar-refractivity contribution in [3.05, 3.63) is 0 Å². The van der Waals surface area contributed by atoms with Gasteiger partial charge in [-0.15, -0.1) is 0 Å². The molecule has 1 fully saturated rings. The van der Waals surface area contributed by atoms with E-state index in [0.717, 1.165) is 38.3 Å².